The van der Waals surface area contributed by atoms with Crippen LogP contribution in [-0.4, -0.2) is 101 Å². The van der Waals surface area contributed by atoms with Crippen LogP contribution < -0.4 is 185 Å². The van der Waals surface area contributed by atoms with E-state index in [4.69, 9.17) is 46.8 Å². The molecule has 0 saturated heterocycles. The molecule has 0 fully saturated rings. The fourth-order valence-corrected chi connectivity index (χ4v) is 24.0. The summed E-state index contributed by atoms with van der Waals surface area (Å²) >= 11 is 6.19. The second-order valence-electron chi connectivity index (χ2n) is 30.0. The molecule has 0 bridgehead atoms. The second kappa shape index (κ2) is 65.3. The number of methoxy groups -OCH3 is 2. The SMILES string of the molecule is COc1cc(C=O)c(OCc2c(C3=CC=NC3)ncc3ccccc23)cn1.COc1cc(C=O)c(OCc2c(Cl)ncc3ccccc23)cn1.OB(O)C1=CC=NC1.[2H]OOC=O.[CH2-]F.[K+].[K+].[Pd].c1ccc(P(c2ccccc2)c2ccccc2)cc1.c1ccc(P(c2ccccc2)c2ccccc2)cc1.c1ccc(P(c2ccccc2)c2ccccc2)cc1.c1ccc(P(c2ccccc2)c2ccccc2)cc1. The Balaban J connectivity index is 0.000000187. The van der Waals surface area contributed by atoms with E-state index in [1.165, 1.54) is 96.3 Å². The summed E-state index contributed by atoms with van der Waals surface area (Å²) in [5, 5.41) is 41.2. The van der Waals surface area contributed by atoms with Gasteiger partial charge in [0.15, 0.2) is 12.6 Å². The Morgan fingerprint density at radius 2 is 0.636 bits per heavy atom. The molecule has 0 atom stereocenters. The van der Waals surface area contributed by atoms with Crippen molar-refractivity contribution in [3.05, 3.63) is 507 Å². The maximum absolute atomic E-state index is 11.4. The van der Waals surface area contributed by atoms with Gasteiger partial charge in [0.2, 0.25) is 11.8 Å². The predicted octanol–water partition coefficient (Wildman–Crippen LogP) is 14.4. The summed E-state index contributed by atoms with van der Waals surface area (Å²) in [7, 11) is 1.63. The minimum atomic E-state index is -1.32. The molecule has 143 heavy (non-hydrogen) atoms. The number of carbonyl (C=O) groups excluding carboxylic acids is 3. The molecule has 14 aromatic carbocycles. The number of aldehydes is 2. The van der Waals surface area contributed by atoms with E-state index in [9.17, 15) is 14.0 Å². The number of benzene rings is 14. The molecule has 2 aliphatic heterocycles. The zero-order valence-electron chi connectivity index (χ0n) is 80.0. The Hall–Kier alpha value is -11.2. The van der Waals surface area contributed by atoms with Crippen molar-refractivity contribution in [2.24, 2.45) is 9.98 Å². The number of aromatic nitrogens is 4. The molecule has 708 valence electrons. The Morgan fingerprint density at radius 1 is 0.371 bits per heavy atom. The molecule has 6 heterocycles. The van der Waals surface area contributed by atoms with E-state index in [-0.39, 0.29) is 143 Å². The Labute approximate surface area is 945 Å². The first-order valence-corrected chi connectivity index (χ1v) is 50.0. The van der Waals surface area contributed by atoms with Crippen LogP contribution in [0.1, 0.15) is 37.5 Å². The minimum Gasteiger partial charge on any atom is -0.486 e. The molecule has 0 saturated carbocycles. The number of hydrogen-bond acceptors (Lipinski definition) is 17. The van der Waals surface area contributed by atoms with Gasteiger partial charge in [0.25, 0.3) is 1.43 Å². The molecular formula is C116H100BClFK2N6O11P4Pd+. The zero-order valence-corrected chi connectivity index (χ0v) is 91.1. The quantitative estimate of drug-likeness (QED) is 0.00870. The monoisotopic (exact) mass is 2130 g/mol. The molecule has 18 aromatic rings. The van der Waals surface area contributed by atoms with Crippen LogP contribution >= 0.6 is 43.3 Å². The smallest absolute Gasteiger partial charge is 0.486 e. The standard InChI is InChI=1S/C21H17N3O3.4C18H15P.C17H13ClN2O3.C4H6BNO2.CH2F.CH2O3.2K.Pd/c1-26-20-8-16(12-25)19(11-23-20)27-13-18-17-5-3-2-4-14(17)10-24-21(18)15-6-7-22-9-15;4*1-4-10-16(11-5-1)19(17-12-6-2-7-13-17)18-14-8-3-9-15-18;1-22-16-6-12(9-21)15(8-19-16)23-10-14-13-5-3-2-4-11(13)7-20-17(14)18;7-5(8)4-1-2-6-3-4;1-2;2-1-4-3;;;/h2-8,10-12H,9,13H2,1H3;4*1-15H;2-9H,10H2,1H3;1-2,7-8H,3H2;1H2;1,3H;;;/q;;;;;;;-1;;2*+1;/i/hD. The van der Waals surface area contributed by atoms with Crippen molar-refractivity contribution in [2.45, 2.75) is 13.2 Å². The van der Waals surface area contributed by atoms with Crippen LogP contribution in [0.3, 0.4) is 0 Å². The van der Waals surface area contributed by atoms with Crippen molar-refractivity contribution < 1.29 is 181 Å². The zero-order chi connectivity index (χ0) is 98.6. The number of fused-ring (bicyclic) bond motifs is 2. The number of aliphatic imine (C=N–C) groups is 2. The van der Waals surface area contributed by atoms with Gasteiger partial charge in [-0.3, -0.25) is 29.4 Å². The largest absolute Gasteiger partial charge is 1.00 e. The maximum atomic E-state index is 11.4. The summed E-state index contributed by atoms with van der Waals surface area (Å²) in [6, 6.07) is 148. The third-order valence-electron chi connectivity index (χ3n) is 21.1. The van der Waals surface area contributed by atoms with E-state index in [1.54, 1.807) is 37.9 Å². The van der Waals surface area contributed by atoms with Gasteiger partial charge in [-0.05, 0) is 124 Å². The number of carbonyl (C=O) groups is 3. The minimum absolute atomic E-state index is 0. The van der Waals surface area contributed by atoms with Crippen LogP contribution in [0.25, 0.3) is 28.5 Å². The summed E-state index contributed by atoms with van der Waals surface area (Å²) < 4.78 is 36.6. The van der Waals surface area contributed by atoms with Crippen molar-refractivity contribution in [3.63, 3.8) is 0 Å². The van der Waals surface area contributed by atoms with E-state index < -0.39 is 38.8 Å². The topological polar surface area (TPSA) is 234 Å². The van der Waals surface area contributed by atoms with Gasteiger partial charge in [-0.15, -0.1) is 0 Å². The van der Waals surface area contributed by atoms with E-state index in [1.807, 2.05) is 60.8 Å². The van der Waals surface area contributed by atoms with E-state index in [0.717, 1.165) is 50.2 Å². The first-order valence-electron chi connectivity index (χ1n) is 44.6. The third-order valence-corrected chi connectivity index (χ3v) is 31.2. The summed E-state index contributed by atoms with van der Waals surface area (Å²) in [6.07, 6.45) is 14.9. The number of allylic oxidation sites excluding steroid dienone is 2. The first-order chi connectivity index (χ1) is 69.5. The molecule has 20 rings (SSSR count). The van der Waals surface area contributed by atoms with Gasteiger partial charge in [0.05, 0.1) is 56.5 Å². The molecular weight excluding hydrogens is 2030 g/mol. The summed E-state index contributed by atoms with van der Waals surface area (Å²) in [6.45, 7) is 1.49. The van der Waals surface area contributed by atoms with Gasteiger partial charge in [-0.25, -0.2) is 20.2 Å². The van der Waals surface area contributed by atoms with Gasteiger partial charge in [0.1, 0.15) is 29.9 Å². The van der Waals surface area contributed by atoms with Gasteiger partial charge in [-0.2, -0.15) is 7.18 Å². The van der Waals surface area contributed by atoms with E-state index in [2.05, 4.69) is 404 Å². The molecule has 4 aromatic heterocycles. The molecule has 17 nitrogen and oxygen atoms in total. The fourth-order valence-electron chi connectivity index (χ4n) is 14.5. The average Bonchev–Trinajstić information content (AvgIpc) is 1.42. The number of rotatable bonds is 26. The number of pyridine rings is 4. The van der Waals surface area contributed by atoms with Crippen molar-refractivity contribution in [2.75, 3.05) is 27.3 Å². The number of nitrogens with zero attached hydrogens (tertiary/aromatic N) is 6. The van der Waals surface area contributed by atoms with Gasteiger partial charge in [0, 0.05) is 84.9 Å². The summed E-state index contributed by atoms with van der Waals surface area (Å²) in [4.78, 5) is 59.8. The predicted molar refractivity (Wildman–Crippen MR) is 579 cm³/mol. The van der Waals surface area contributed by atoms with Crippen molar-refractivity contribution in [1.29, 1.82) is 1.43 Å². The van der Waals surface area contributed by atoms with E-state index >= 15 is 0 Å². The van der Waals surface area contributed by atoms with Crippen LogP contribution in [0.5, 0.6) is 23.3 Å². The van der Waals surface area contributed by atoms with Crippen molar-refractivity contribution in [1.82, 2.24) is 19.9 Å². The molecule has 0 amide bonds. The molecule has 0 aliphatic carbocycles. The third kappa shape index (κ3) is 35.4. The van der Waals surface area contributed by atoms with Crippen LogP contribution in [0.15, 0.2) is 477 Å². The van der Waals surface area contributed by atoms with Crippen LogP contribution in [0, 0.1) is 7.18 Å². The molecule has 0 unspecified atom stereocenters. The van der Waals surface area contributed by atoms with Crippen LogP contribution in [0.2, 0.25) is 5.15 Å². The number of halogens is 2. The maximum Gasteiger partial charge on any atom is 1.00 e. The average molecular weight is 2130 g/mol. The molecule has 27 heteroatoms. The van der Waals surface area contributed by atoms with Crippen LogP contribution in [-0.2, 0) is 43.3 Å². The van der Waals surface area contributed by atoms with Gasteiger partial charge >= 0.3 is 116 Å². The Morgan fingerprint density at radius 3 is 0.874 bits per heavy atom. The van der Waals surface area contributed by atoms with Gasteiger partial charge < -0.3 is 38.3 Å². The van der Waals surface area contributed by atoms with Crippen molar-refractivity contribution in [3.8, 4) is 23.3 Å². The molecule has 3 N–H and O–H groups in total. The molecule has 0 radical (unpaired) electrons. The number of hydrogen-bond donors (Lipinski definition) is 3. The Kier molecular flexibility index (Phi) is 51.9. The second-order valence-corrected chi connectivity index (χ2v) is 39.2. The molecule has 2 aliphatic rings. The first kappa shape index (κ1) is 114. The van der Waals surface area contributed by atoms with Gasteiger partial charge in [-0.1, -0.05) is 424 Å². The fraction of sp³-hybridized carbons (Fsp3) is 0.0517. The van der Waals surface area contributed by atoms with Crippen LogP contribution in [0.4, 0.5) is 4.39 Å². The Bertz CT molecular complexity index is 6120. The normalized spacial score (nSPS) is 10.9. The molecule has 0 spiro atoms. The summed E-state index contributed by atoms with van der Waals surface area (Å²) in [5.74, 6) is 1.49. The van der Waals surface area contributed by atoms with E-state index in [0.29, 0.717) is 64.4 Å². The van der Waals surface area contributed by atoms with Crippen molar-refractivity contribution >= 4 is 173 Å². The summed E-state index contributed by atoms with van der Waals surface area (Å²) in [5.41, 5.74) is 4.93. The number of ether oxygens (including phenoxy) is 4.